The number of methoxy groups -OCH3 is 1. The van der Waals surface area contributed by atoms with Crippen LogP contribution >= 0.6 is 0 Å². The molecule has 19 heavy (non-hydrogen) atoms. The highest BCUT2D eigenvalue weighted by Crippen LogP contribution is 2.34. The fourth-order valence-corrected chi connectivity index (χ4v) is 2.49. The van der Waals surface area contributed by atoms with Crippen LogP contribution in [0.3, 0.4) is 0 Å². The second-order valence-corrected chi connectivity index (χ2v) is 5.43. The molecule has 0 amide bonds. The quantitative estimate of drug-likeness (QED) is 0.777. The van der Waals surface area contributed by atoms with Gasteiger partial charge in [-0.3, -0.25) is 4.90 Å². The van der Waals surface area contributed by atoms with E-state index in [1.54, 1.807) is 7.11 Å². The van der Waals surface area contributed by atoms with E-state index in [2.05, 4.69) is 4.90 Å². The largest absolute Gasteiger partial charge is 0.497 e. The minimum atomic E-state index is 0.0367. The van der Waals surface area contributed by atoms with Crippen LogP contribution in [0.2, 0.25) is 0 Å². The minimum Gasteiger partial charge on any atom is -0.497 e. The molecule has 0 heterocycles. The number of aliphatic hydroxyl groups excluding tert-OH is 1. The maximum atomic E-state index is 9.56. The Bertz CT molecular complexity index is 390. The van der Waals surface area contributed by atoms with E-state index in [1.165, 1.54) is 18.4 Å². The molecule has 1 fully saturated rings. The monoisotopic (exact) mass is 264 g/mol. The maximum Gasteiger partial charge on any atom is 0.118 e. The Labute approximate surface area is 115 Å². The van der Waals surface area contributed by atoms with E-state index >= 15 is 0 Å². The molecule has 4 heteroatoms. The Morgan fingerprint density at radius 2 is 2.00 bits per heavy atom. The zero-order chi connectivity index (χ0) is 13.8. The molecule has 1 aliphatic carbocycles. The van der Waals surface area contributed by atoms with E-state index in [-0.39, 0.29) is 18.7 Å². The van der Waals surface area contributed by atoms with Crippen molar-refractivity contribution in [2.75, 3.05) is 20.8 Å². The van der Waals surface area contributed by atoms with Crippen LogP contribution in [0.5, 0.6) is 5.75 Å². The molecule has 1 aliphatic rings. The number of benzene rings is 1. The minimum absolute atomic E-state index is 0.0367. The Morgan fingerprint density at radius 1 is 1.37 bits per heavy atom. The summed E-state index contributed by atoms with van der Waals surface area (Å²) in [7, 11) is 3.69. The van der Waals surface area contributed by atoms with Gasteiger partial charge in [0.25, 0.3) is 0 Å². The average molecular weight is 264 g/mol. The summed E-state index contributed by atoms with van der Waals surface area (Å²) in [5.41, 5.74) is 7.41. The van der Waals surface area contributed by atoms with Crippen LogP contribution in [0.15, 0.2) is 24.3 Å². The van der Waals surface area contributed by atoms with Crippen LogP contribution in [0.25, 0.3) is 0 Å². The van der Waals surface area contributed by atoms with E-state index in [1.807, 2.05) is 31.3 Å². The highest BCUT2D eigenvalue weighted by Gasteiger charge is 2.35. The van der Waals surface area contributed by atoms with Gasteiger partial charge < -0.3 is 15.6 Å². The lowest BCUT2D eigenvalue weighted by molar-refractivity contribution is 0.115. The number of hydrogen-bond donors (Lipinski definition) is 2. The third-order valence-electron chi connectivity index (χ3n) is 3.95. The van der Waals surface area contributed by atoms with Crippen LogP contribution in [0.4, 0.5) is 0 Å². The van der Waals surface area contributed by atoms with Crippen molar-refractivity contribution in [1.29, 1.82) is 0 Å². The normalized spacial score (nSPS) is 18.4. The molecule has 106 valence electrons. The first-order chi connectivity index (χ1) is 9.15. The fourth-order valence-electron chi connectivity index (χ4n) is 2.49. The summed E-state index contributed by atoms with van der Waals surface area (Å²) in [6.07, 6.45) is 2.40. The van der Waals surface area contributed by atoms with Gasteiger partial charge in [-0.05, 0) is 43.5 Å². The van der Waals surface area contributed by atoms with Gasteiger partial charge in [0.2, 0.25) is 0 Å². The van der Waals surface area contributed by atoms with Gasteiger partial charge >= 0.3 is 0 Å². The molecule has 2 unspecified atom stereocenters. The first-order valence-electron chi connectivity index (χ1n) is 6.85. The van der Waals surface area contributed by atoms with E-state index in [4.69, 9.17) is 10.5 Å². The summed E-state index contributed by atoms with van der Waals surface area (Å²) >= 11 is 0. The molecule has 0 radical (unpaired) electrons. The van der Waals surface area contributed by atoms with Crippen molar-refractivity contribution >= 4 is 0 Å². The molecule has 0 spiro atoms. The highest BCUT2D eigenvalue weighted by atomic mass is 16.5. The van der Waals surface area contributed by atoms with Crippen molar-refractivity contribution in [1.82, 2.24) is 4.90 Å². The Morgan fingerprint density at radius 3 is 2.47 bits per heavy atom. The summed E-state index contributed by atoms with van der Waals surface area (Å²) < 4.78 is 5.15. The Hall–Kier alpha value is -1.10. The molecular weight excluding hydrogens is 240 g/mol. The van der Waals surface area contributed by atoms with E-state index in [0.29, 0.717) is 5.92 Å². The van der Waals surface area contributed by atoms with Gasteiger partial charge in [0.1, 0.15) is 5.75 Å². The summed E-state index contributed by atoms with van der Waals surface area (Å²) in [6, 6.07) is 8.12. The number of aliphatic hydroxyl groups is 1. The van der Waals surface area contributed by atoms with Crippen LogP contribution < -0.4 is 10.5 Å². The maximum absolute atomic E-state index is 9.56. The summed E-state index contributed by atoms with van der Waals surface area (Å²) in [6.45, 7) is 0.903. The molecule has 1 aromatic rings. The van der Waals surface area contributed by atoms with Crippen LogP contribution in [0, 0.1) is 5.92 Å². The lowest BCUT2D eigenvalue weighted by atomic mass is 10.0. The zero-order valence-electron chi connectivity index (χ0n) is 11.7. The van der Waals surface area contributed by atoms with Crippen LogP contribution in [0.1, 0.15) is 18.4 Å². The van der Waals surface area contributed by atoms with Gasteiger partial charge in [0.05, 0.1) is 13.7 Å². The molecule has 0 saturated heterocycles. The van der Waals surface area contributed by atoms with Crippen LogP contribution in [-0.4, -0.2) is 42.9 Å². The predicted octanol–water partition coefficient (Wildman–Crippen LogP) is 1.23. The number of hydrogen-bond acceptors (Lipinski definition) is 4. The van der Waals surface area contributed by atoms with Crippen molar-refractivity contribution in [2.24, 2.45) is 11.7 Å². The summed E-state index contributed by atoms with van der Waals surface area (Å²) in [5, 5.41) is 9.56. The smallest absolute Gasteiger partial charge is 0.118 e. The van der Waals surface area contributed by atoms with Gasteiger partial charge in [-0.1, -0.05) is 12.1 Å². The molecule has 0 bridgehead atoms. The SMILES string of the molecule is COc1ccc(CN(C)C(CO)C(N)C2CC2)cc1. The molecule has 2 rings (SSSR count). The van der Waals surface area contributed by atoms with Crippen LogP contribution in [-0.2, 0) is 6.54 Å². The molecule has 1 aromatic carbocycles. The summed E-state index contributed by atoms with van der Waals surface area (Å²) in [5.74, 6) is 1.45. The number of ether oxygens (including phenoxy) is 1. The van der Waals surface area contributed by atoms with Crippen molar-refractivity contribution in [3.05, 3.63) is 29.8 Å². The summed E-state index contributed by atoms with van der Waals surface area (Å²) in [4.78, 5) is 2.14. The third kappa shape index (κ3) is 3.69. The van der Waals surface area contributed by atoms with E-state index in [9.17, 15) is 5.11 Å². The number of rotatable bonds is 7. The van der Waals surface area contributed by atoms with Gasteiger partial charge in [0, 0.05) is 18.6 Å². The van der Waals surface area contributed by atoms with Crippen molar-refractivity contribution in [2.45, 2.75) is 31.5 Å². The number of nitrogens with zero attached hydrogens (tertiary/aromatic N) is 1. The topological polar surface area (TPSA) is 58.7 Å². The second-order valence-electron chi connectivity index (χ2n) is 5.43. The molecule has 0 aliphatic heterocycles. The molecule has 4 nitrogen and oxygen atoms in total. The van der Waals surface area contributed by atoms with Gasteiger partial charge in [-0.25, -0.2) is 0 Å². The average Bonchev–Trinajstić information content (AvgIpc) is 3.24. The lowest BCUT2D eigenvalue weighted by Gasteiger charge is -2.31. The van der Waals surface area contributed by atoms with Crippen molar-refractivity contribution in [3.8, 4) is 5.75 Å². The van der Waals surface area contributed by atoms with Gasteiger partial charge in [0.15, 0.2) is 0 Å². The first-order valence-corrected chi connectivity index (χ1v) is 6.85. The van der Waals surface area contributed by atoms with Crippen molar-refractivity contribution in [3.63, 3.8) is 0 Å². The fraction of sp³-hybridized carbons (Fsp3) is 0.600. The van der Waals surface area contributed by atoms with Crippen molar-refractivity contribution < 1.29 is 9.84 Å². The molecular formula is C15H24N2O2. The number of likely N-dealkylation sites (N-methyl/N-ethyl adjacent to an activating group) is 1. The predicted molar refractivity (Wildman–Crippen MR) is 76.0 cm³/mol. The molecule has 2 atom stereocenters. The van der Waals surface area contributed by atoms with Gasteiger partial charge in [-0.2, -0.15) is 0 Å². The molecule has 1 saturated carbocycles. The Balaban J connectivity index is 1.95. The van der Waals surface area contributed by atoms with E-state index in [0.717, 1.165) is 12.3 Å². The lowest BCUT2D eigenvalue weighted by Crippen LogP contribution is -2.49. The van der Waals surface area contributed by atoms with E-state index < -0.39 is 0 Å². The first kappa shape index (κ1) is 14.3. The Kier molecular flexibility index (Phi) is 4.80. The molecule has 0 aromatic heterocycles. The standard InChI is InChI=1S/C15H24N2O2/c1-17(14(10-18)15(16)12-5-6-12)9-11-3-7-13(19-2)8-4-11/h3-4,7-8,12,14-15,18H,5-6,9-10,16H2,1-2H3. The molecule has 3 N–H and O–H groups in total. The second kappa shape index (κ2) is 6.37. The number of nitrogens with two attached hydrogens (primary N) is 1. The van der Waals surface area contributed by atoms with Gasteiger partial charge in [-0.15, -0.1) is 0 Å². The zero-order valence-corrected chi connectivity index (χ0v) is 11.7. The highest BCUT2D eigenvalue weighted by molar-refractivity contribution is 5.27. The third-order valence-corrected chi connectivity index (χ3v) is 3.95.